The van der Waals surface area contributed by atoms with Crippen molar-refractivity contribution in [1.82, 2.24) is 4.57 Å². The molecule has 0 saturated carbocycles. The minimum absolute atomic E-state index is 0.120. The number of amidine groups is 1. The molecule has 0 aliphatic rings. The van der Waals surface area contributed by atoms with Gasteiger partial charge in [-0.25, -0.2) is 0 Å². The molecule has 0 fully saturated rings. The molecule has 0 aliphatic carbocycles. The normalized spacial score (nSPS) is 10.7. The van der Waals surface area contributed by atoms with E-state index in [1.54, 1.807) is 19.2 Å². The van der Waals surface area contributed by atoms with Gasteiger partial charge in [0, 0.05) is 7.05 Å². The molecular formula is C16H19N3O2. The van der Waals surface area contributed by atoms with Gasteiger partial charge in [-0.15, -0.1) is 0 Å². The fourth-order valence-electron chi connectivity index (χ4n) is 2.11. The summed E-state index contributed by atoms with van der Waals surface area (Å²) in [4.78, 5) is 12.1. The molecule has 5 heteroatoms. The van der Waals surface area contributed by atoms with Crippen LogP contribution in [0.4, 0.5) is 0 Å². The van der Waals surface area contributed by atoms with Gasteiger partial charge in [-0.2, -0.15) is 0 Å². The van der Waals surface area contributed by atoms with Crippen LogP contribution in [0.3, 0.4) is 0 Å². The van der Waals surface area contributed by atoms with Gasteiger partial charge in [0.1, 0.15) is 11.6 Å². The molecule has 0 atom stereocenters. The first-order chi connectivity index (χ1) is 9.90. The van der Waals surface area contributed by atoms with Crippen molar-refractivity contribution in [2.75, 3.05) is 0 Å². The lowest BCUT2D eigenvalue weighted by Crippen LogP contribution is -2.28. The van der Waals surface area contributed by atoms with Gasteiger partial charge >= 0.3 is 0 Å². The second-order valence-corrected chi connectivity index (χ2v) is 5.10. The summed E-state index contributed by atoms with van der Waals surface area (Å²) in [6.07, 6.45) is 0.120. The number of pyridine rings is 1. The second kappa shape index (κ2) is 5.83. The molecule has 0 bridgehead atoms. The number of nitrogens with zero attached hydrogens (tertiary/aromatic N) is 1. The number of nitrogen functional groups attached to an aromatic ring is 1. The van der Waals surface area contributed by atoms with Gasteiger partial charge in [0.05, 0.1) is 17.4 Å². The Morgan fingerprint density at radius 2 is 1.81 bits per heavy atom. The monoisotopic (exact) mass is 285 g/mol. The molecule has 110 valence electrons. The molecule has 0 radical (unpaired) electrons. The van der Waals surface area contributed by atoms with Gasteiger partial charge in [0.2, 0.25) is 0 Å². The Morgan fingerprint density at radius 3 is 2.33 bits per heavy atom. The van der Waals surface area contributed by atoms with Crippen LogP contribution in [0.15, 0.2) is 41.2 Å². The molecule has 2 aromatic rings. The molecular weight excluding hydrogens is 266 g/mol. The number of benzene rings is 1. The van der Waals surface area contributed by atoms with Gasteiger partial charge in [-0.3, -0.25) is 10.2 Å². The van der Waals surface area contributed by atoms with E-state index in [-0.39, 0.29) is 23.1 Å². The molecule has 5 nitrogen and oxygen atoms in total. The van der Waals surface area contributed by atoms with Crippen LogP contribution in [-0.4, -0.2) is 16.5 Å². The van der Waals surface area contributed by atoms with Crippen LogP contribution >= 0.6 is 0 Å². The summed E-state index contributed by atoms with van der Waals surface area (Å²) in [5.41, 5.74) is 6.99. The van der Waals surface area contributed by atoms with Crippen LogP contribution in [0.5, 0.6) is 5.75 Å². The largest absolute Gasteiger partial charge is 0.491 e. The molecule has 3 N–H and O–H groups in total. The van der Waals surface area contributed by atoms with Crippen molar-refractivity contribution in [2.24, 2.45) is 12.8 Å². The first-order valence-corrected chi connectivity index (χ1v) is 6.71. The predicted octanol–water partition coefficient (Wildman–Crippen LogP) is 2.12. The Bertz CT molecular complexity index is 715. The SMILES string of the molecule is CC(C)Oc1ccc(-c2ccc(C(=N)N)c(=O)n2C)cc1. The number of nitrogens with one attached hydrogen (secondary N) is 1. The molecule has 1 heterocycles. The molecule has 1 aromatic heterocycles. The van der Waals surface area contributed by atoms with Crippen molar-refractivity contribution < 1.29 is 4.74 Å². The Morgan fingerprint density at radius 1 is 1.19 bits per heavy atom. The zero-order valence-corrected chi connectivity index (χ0v) is 12.4. The topological polar surface area (TPSA) is 81.1 Å². The van der Waals surface area contributed by atoms with E-state index in [0.29, 0.717) is 0 Å². The lowest BCUT2D eigenvalue weighted by molar-refractivity contribution is 0.242. The molecule has 0 amide bonds. The van der Waals surface area contributed by atoms with Crippen molar-refractivity contribution >= 4 is 5.84 Å². The van der Waals surface area contributed by atoms with Crippen molar-refractivity contribution in [3.63, 3.8) is 0 Å². The highest BCUT2D eigenvalue weighted by molar-refractivity contribution is 5.94. The fraction of sp³-hybridized carbons (Fsp3) is 0.250. The van der Waals surface area contributed by atoms with Crippen molar-refractivity contribution in [1.29, 1.82) is 5.41 Å². The van der Waals surface area contributed by atoms with E-state index in [1.165, 1.54) is 4.57 Å². The minimum atomic E-state index is -0.275. The standard InChI is InChI=1S/C16H19N3O2/c1-10(2)21-12-6-4-11(5-7-12)14-9-8-13(15(17)18)16(20)19(14)3/h4-10H,1-3H3,(H3,17,18). The summed E-state index contributed by atoms with van der Waals surface area (Å²) < 4.78 is 7.09. The summed E-state index contributed by atoms with van der Waals surface area (Å²) in [6, 6.07) is 10.9. The predicted molar refractivity (Wildman–Crippen MR) is 83.9 cm³/mol. The molecule has 0 saturated heterocycles. The fourth-order valence-corrected chi connectivity index (χ4v) is 2.11. The number of hydrogen-bond donors (Lipinski definition) is 2. The maximum atomic E-state index is 12.1. The van der Waals surface area contributed by atoms with Gasteiger partial charge in [0.15, 0.2) is 0 Å². The summed E-state index contributed by atoms with van der Waals surface area (Å²) in [5, 5.41) is 7.39. The molecule has 2 rings (SSSR count). The lowest BCUT2D eigenvalue weighted by atomic mass is 10.1. The molecule has 0 aliphatic heterocycles. The molecule has 21 heavy (non-hydrogen) atoms. The lowest BCUT2D eigenvalue weighted by Gasteiger charge is -2.12. The smallest absolute Gasteiger partial charge is 0.261 e. The third-order valence-electron chi connectivity index (χ3n) is 3.12. The van der Waals surface area contributed by atoms with E-state index in [1.807, 2.05) is 38.1 Å². The average molecular weight is 285 g/mol. The Balaban J connectivity index is 2.41. The highest BCUT2D eigenvalue weighted by Gasteiger charge is 2.09. The quantitative estimate of drug-likeness (QED) is 0.667. The van der Waals surface area contributed by atoms with Crippen LogP contribution in [0, 0.1) is 5.41 Å². The van der Waals surface area contributed by atoms with Crippen molar-refractivity contribution in [2.45, 2.75) is 20.0 Å². The summed E-state index contributed by atoms with van der Waals surface area (Å²) in [5.74, 6) is 0.571. The summed E-state index contributed by atoms with van der Waals surface area (Å²) in [6.45, 7) is 3.94. The molecule has 0 spiro atoms. The highest BCUT2D eigenvalue weighted by atomic mass is 16.5. The zero-order chi connectivity index (χ0) is 15.6. The van der Waals surface area contributed by atoms with E-state index >= 15 is 0 Å². The number of ether oxygens (including phenoxy) is 1. The molecule has 0 unspecified atom stereocenters. The second-order valence-electron chi connectivity index (χ2n) is 5.10. The van der Waals surface area contributed by atoms with Crippen LogP contribution in [-0.2, 0) is 7.05 Å². The van der Waals surface area contributed by atoms with Gasteiger partial charge < -0.3 is 15.0 Å². The van der Waals surface area contributed by atoms with Crippen LogP contribution in [0.1, 0.15) is 19.4 Å². The number of aromatic nitrogens is 1. The zero-order valence-electron chi connectivity index (χ0n) is 12.4. The van der Waals surface area contributed by atoms with Crippen LogP contribution in [0.2, 0.25) is 0 Å². The van der Waals surface area contributed by atoms with Crippen LogP contribution < -0.4 is 16.0 Å². The van der Waals surface area contributed by atoms with E-state index < -0.39 is 0 Å². The first-order valence-electron chi connectivity index (χ1n) is 6.71. The maximum absolute atomic E-state index is 12.1. The maximum Gasteiger partial charge on any atom is 0.261 e. The van der Waals surface area contributed by atoms with Crippen LogP contribution in [0.25, 0.3) is 11.3 Å². The third kappa shape index (κ3) is 3.13. The van der Waals surface area contributed by atoms with Crippen molar-refractivity contribution in [3.05, 3.63) is 52.3 Å². The highest BCUT2D eigenvalue weighted by Crippen LogP contribution is 2.22. The van der Waals surface area contributed by atoms with E-state index in [4.69, 9.17) is 15.9 Å². The third-order valence-corrected chi connectivity index (χ3v) is 3.12. The summed E-state index contributed by atoms with van der Waals surface area (Å²) in [7, 11) is 1.67. The molecule has 1 aromatic carbocycles. The number of hydrogen-bond acceptors (Lipinski definition) is 3. The van der Waals surface area contributed by atoms with Gasteiger partial charge in [-0.05, 0) is 55.8 Å². The van der Waals surface area contributed by atoms with E-state index in [0.717, 1.165) is 17.0 Å². The minimum Gasteiger partial charge on any atom is -0.491 e. The first kappa shape index (κ1) is 14.8. The van der Waals surface area contributed by atoms with E-state index in [2.05, 4.69) is 0 Å². The van der Waals surface area contributed by atoms with Gasteiger partial charge in [-0.1, -0.05) is 0 Å². The van der Waals surface area contributed by atoms with E-state index in [9.17, 15) is 4.79 Å². The Kier molecular flexibility index (Phi) is 4.12. The Labute approximate surface area is 123 Å². The van der Waals surface area contributed by atoms with Crippen molar-refractivity contribution in [3.8, 4) is 17.0 Å². The summed E-state index contributed by atoms with van der Waals surface area (Å²) >= 11 is 0. The van der Waals surface area contributed by atoms with Gasteiger partial charge in [0.25, 0.3) is 5.56 Å². The number of nitrogens with two attached hydrogens (primary N) is 1. The average Bonchev–Trinajstić information content (AvgIpc) is 2.42. The number of rotatable bonds is 4. The Hall–Kier alpha value is -2.56.